The minimum atomic E-state index is -0.945. The lowest BCUT2D eigenvalue weighted by Gasteiger charge is -2.05. The maximum atomic E-state index is 10.3. The Labute approximate surface area is 124 Å². The number of hydrogen-bond acceptors (Lipinski definition) is 4. The van der Waals surface area contributed by atoms with Crippen LogP contribution in [-0.2, 0) is 0 Å². The molecular weight excluding hydrogens is 305 g/mol. The number of aryl methyl sites for hydroxylation is 1. The average molecular weight is 314 g/mol. The molecule has 1 aromatic heterocycles. The third-order valence-corrected chi connectivity index (χ3v) is 3.04. The van der Waals surface area contributed by atoms with E-state index in [9.17, 15) is 10.1 Å². The molecule has 0 aliphatic carbocycles. The van der Waals surface area contributed by atoms with E-state index in [1.807, 2.05) is 13.0 Å². The van der Waals surface area contributed by atoms with Crippen molar-refractivity contribution in [1.29, 1.82) is 0 Å². The molecule has 0 amide bonds. The molecule has 6 nitrogen and oxygen atoms in total. The van der Waals surface area contributed by atoms with Gasteiger partial charge in [0.15, 0.2) is 0 Å². The normalized spacial score (nSPS) is 11.4. The molecule has 0 bridgehead atoms. The summed E-state index contributed by atoms with van der Waals surface area (Å²) in [6.07, 6.45) is 4.27. The van der Waals surface area contributed by atoms with Crippen molar-refractivity contribution in [2.75, 3.05) is 0 Å². The molecule has 0 fully saturated rings. The first-order valence-corrected chi connectivity index (χ1v) is 6.22. The Morgan fingerprint density at radius 2 is 2.30 bits per heavy atom. The van der Waals surface area contributed by atoms with Gasteiger partial charge in [0.25, 0.3) is 6.01 Å². The minimum absolute atomic E-state index is 0.198. The average Bonchev–Trinajstić information content (AvgIpc) is 2.75. The molecule has 0 atom stereocenters. The summed E-state index contributed by atoms with van der Waals surface area (Å²) in [5, 5.41) is 10.2. The molecule has 0 saturated heterocycles. The van der Waals surface area contributed by atoms with Crippen molar-refractivity contribution in [3.05, 3.63) is 56.9 Å². The zero-order valence-electron chi connectivity index (χ0n) is 10.3. The first-order valence-electron chi connectivity index (χ1n) is 5.46. The van der Waals surface area contributed by atoms with E-state index in [0.717, 1.165) is 5.56 Å². The van der Waals surface area contributed by atoms with Crippen LogP contribution in [0.2, 0.25) is 5.02 Å². The quantitative estimate of drug-likeness (QED) is 0.638. The molecule has 0 aliphatic rings. The van der Waals surface area contributed by atoms with Gasteiger partial charge in [-0.15, -0.1) is 10.1 Å². The second-order valence-electron chi connectivity index (χ2n) is 3.89. The van der Waals surface area contributed by atoms with Gasteiger partial charge in [-0.2, -0.15) is 0 Å². The number of rotatable bonds is 4. The molecule has 104 valence electrons. The van der Waals surface area contributed by atoms with E-state index in [4.69, 9.17) is 23.2 Å². The third kappa shape index (κ3) is 3.28. The molecular formula is C12H9Cl2N3O3. The summed E-state index contributed by atoms with van der Waals surface area (Å²) < 4.78 is 1.29. The fourth-order valence-corrected chi connectivity index (χ4v) is 2.20. The molecule has 0 unspecified atom stereocenters. The maximum Gasteiger partial charge on any atom is 0.302 e. The van der Waals surface area contributed by atoms with Crippen molar-refractivity contribution in [2.45, 2.75) is 6.92 Å². The topological polar surface area (TPSA) is 70.2 Å². The van der Waals surface area contributed by atoms with E-state index in [0.29, 0.717) is 15.6 Å². The van der Waals surface area contributed by atoms with Crippen LogP contribution in [0.5, 0.6) is 6.01 Å². The summed E-state index contributed by atoms with van der Waals surface area (Å²) in [6.45, 7) is 1.91. The fourth-order valence-electron chi connectivity index (χ4n) is 1.54. The lowest BCUT2D eigenvalue weighted by Crippen LogP contribution is -2.07. The van der Waals surface area contributed by atoms with Crippen LogP contribution >= 0.6 is 23.2 Å². The first kappa shape index (κ1) is 14.4. The number of imidazole rings is 1. The fraction of sp³-hybridized carbons (Fsp3) is 0.0833. The van der Waals surface area contributed by atoms with Crippen molar-refractivity contribution >= 4 is 34.4 Å². The molecule has 1 aromatic carbocycles. The van der Waals surface area contributed by atoms with Gasteiger partial charge in [-0.1, -0.05) is 35.3 Å². The largest absolute Gasteiger partial charge is 0.302 e. The summed E-state index contributed by atoms with van der Waals surface area (Å²) in [6, 6.07) is 5.20. The summed E-state index contributed by atoms with van der Waals surface area (Å²) in [4.78, 5) is 18.3. The monoisotopic (exact) mass is 313 g/mol. The molecule has 20 heavy (non-hydrogen) atoms. The van der Waals surface area contributed by atoms with Crippen molar-refractivity contribution in [3.63, 3.8) is 0 Å². The summed E-state index contributed by atoms with van der Waals surface area (Å²) in [7, 11) is 0. The van der Waals surface area contributed by atoms with Gasteiger partial charge in [0.2, 0.25) is 0 Å². The van der Waals surface area contributed by atoms with Crippen LogP contribution in [0.3, 0.4) is 0 Å². The highest BCUT2D eigenvalue weighted by Gasteiger charge is 2.09. The van der Waals surface area contributed by atoms with Crippen LogP contribution in [0.25, 0.3) is 11.2 Å². The molecule has 0 radical (unpaired) electrons. The standard InChI is InChI=1S/C12H9Cl2N3O3/c1-8-2-3-9(10(13)6-8)11(14)7-16-5-4-15-12(16)20-17(18)19/h2-7H,1H3/b11-7-. The molecule has 0 spiro atoms. The molecule has 2 aromatic rings. The predicted molar refractivity (Wildman–Crippen MR) is 76.1 cm³/mol. The number of benzene rings is 1. The zero-order chi connectivity index (χ0) is 14.7. The summed E-state index contributed by atoms with van der Waals surface area (Å²) in [5.41, 5.74) is 1.61. The van der Waals surface area contributed by atoms with E-state index in [-0.39, 0.29) is 6.01 Å². The van der Waals surface area contributed by atoms with Crippen molar-refractivity contribution in [2.24, 2.45) is 0 Å². The van der Waals surface area contributed by atoms with Gasteiger partial charge < -0.3 is 0 Å². The second-order valence-corrected chi connectivity index (χ2v) is 4.71. The van der Waals surface area contributed by atoms with Crippen LogP contribution < -0.4 is 4.84 Å². The van der Waals surface area contributed by atoms with Crippen molar-refractivity contribution in [1.82, 2.24) is 9.55 Å². The van der Waals surface area contributed by atoms with Gasteiger partial charge in [-0.3, -0.25) is 4.57 Å². The van der Waals surface area contributed by atoms with Crippen LogP contribution in [0.4, 0.5) is 0 Å². The summed E-state index contributed by atoms with van der Waals surface area (Å²) >= 11 is 12.3. The van der Waals surface area contributed by atoms with Gasteiger partial charge in [-0.05, 0) is 18.6 Å². The van der Waals surface area contributed by atoms with E-state index in [2.05, 4.69) is 9.82 Å². The van der Waals surface area contributed by atoms with Gasteiger partial charge in [-0.25, -0.2) is 9.82 Å². The van der Waals surface area contributed by atoms with E-state index >= 15 is 0 Å². The lowest BCUT2D eigenvalue weighted by molar-refractivity contribution is -0.713. The Kier molecular flexibility index (Phi) is 4.26. The molecule has 0 N–H and O–H groups in total. The maximum absolute atomic E-state index is 10.3. The van der Waals surface area contributed by atoms with E-state index in [1.54, 1.807) is 12.1 Å². The second kappa shape index (κ2) is 5.94. The van der Waals surface area contributed by atoms with Crippen molar-refractivity contribution in [3.8, 4) is 6.01 Å². The van der Waals surface area contributed by atoms with E-state index < -0.39 is 5.09 Å². The number of hydrogen-bond donors (Lipinski definition) is 0. The molecule has 0 saturated carbocycles. The number of nitrogens with zero attached hydrogens (tertiary/aromatic N) is 3. The van der Waals surface area contributed by atoms with E-state index in [1.165, 1.54) is 23.2 Å². The zero-order valence-corrected chi connectivity index (χ0v) is 11.8. The van der Waals surface area contributed by atoms with Gasteiger partial charge in [0, 0.05) is 29.2 Å². The Morgan fingerprint density at radius 3 is 2.95 bits per heavy atom. The van der Waals surface area contributed by atoms with Gasteiger partial charge in [0.05, 0.1) is 5.03 Å². The number of halogens is 2. The smallest absolute Gasteiger partial charge is 0.286 e. The van der Waals surface area contributed by atoms with Crippen LogP contribution in [0, 0.1) is 17.0 Å². The SMILES string of the molecule is Cc1ccc(/C(Cl)=C/n2ccnc2O[N+](=O)[O-])c(Cl)c1. The highest BCUT2D eigenvalue weighted by atomic mass is 35.5. The van der Waals surface area contributed by atoms with Gasteiger partial charge in [0.1, 0.15) is 0 Å². The van der Waals surface area contributed by atoms with Gasteiger partial charge >= 0.3 is 5.09 Å². The van der Waals surface area contributed by atoms with Crippen molar-refractivity contribution < 1.29 is 9.92 Å². The first-order chi connectivity index (χ1) is 9.47. The Bertz CT molecular complexity index is 682. The Hall–Kier alpha value is -2.05. The number of aromatic nitrogens is 2. The molecule has 1 heterocycles. The highest BCUT2D eigenvalue weighted by molar-refractivity contribution is 6.52. The Morgan fingerprint density at radius 1 is 1.55 bits per heavy atom. The molecule has 8 heteroatoms. The van der Waals surface area contributed by atoms with Crippen LogP contribution in [-0.4, -0.2) is 14.6 Å². The van der Waals surface area contributed by atoms with Crippen LogP contribution in [0.1, 0.15) is 11.1 Å². The highest BCUT2D eigenvalue weighted by Crippen LogP contribution is 2.29. The third-order valence-electron chi connectivity index (χ3n) is 2.42. The minimum Gasteiger partial charge on any atom is -0.286 e. The Balaban J connectivity index is 2.35. The predicted octanol–water partition coefficient (Wildman–Crippen LogP) is 3.61. The van der Waals surface area contributed by atoms with Crippen LogP contribution in [0.15, 0.2) is 30.6 Å². The molecule has 0 aliphatic heterocycles. The molecule has 2 rings (SSSR count). The lowest BCUT2D eigenvalue weighted by atomic mass is 10.1. The summed E-state index contributed by atoms with van der Waals surface area (Å²) in [5.74, 6) is 0.